The van der Waals surface area contributed by atoms with Crippen LogP contribution in [0, 0.1) is 5.41 Å². The van der Waals surface area contributed by atoms with E-state index in [0.29, 0.717) is 10.8 Å². The third kappa shape index (κ3) is 5.58. The average molecular weight is 270 g/mol. The molecule has 0 atom stereocenters. The smallest absolute Gasteiger partial charge is 0.133 e. The molecule has 0 bridgehead atoms. The fourth-order valence-corrected chi connectivity index (χ4v) is 2.10. The zero-order chi connectivity index (χ0) is 13.6. The van der Waals surface area contributed by atoms with Gasteiger partial charge in [-0.3, -0.25) is 0 Å². The van der Waals surface area contributed by atoms with Gasteiger partial charge in [-0.2, -0.15) is 0 Å². The molecule has 102 valence electrons. The standard InChI is InChI=1S/C14H24ClN3/c1-4-5-6-7-14(2,3)10-17-13-9-11(16)8-12(15)18-13/h8-9H,4-7,10H2,1-3H3,(H3,16,17,18). The summed E-state index contributed by atoms with van der Waals surface area (Å²) in [6, 6.07) is 3.47. The predicted molar refractivity (Wildman–Crippen MR) is 80.1 cm³/mol. The average Bonchev–Trinajstić information content (AvgIpc) is 2.25. The topological polar surface area (TPSA) is 50.9 Å². The van der Waals surface area contributed by atoms with Crippen LogP contribution in [0.3, 0.4) is 0 Å². The van der Waals surface area contributed by atoms with E-state index in [9.17, 15) is 0 Å². The Balaban J connectivity index is 2.47. The SMILES string of the molecule is CCCCCC(C)(C)CNc1cc(N)cc(Cl)n1. The summed E-state index contributed by atoms with van der Waals surface area (Å²) in [6.45, 7) is 7.64. The van der Waals surface area contributed by atoms with Gasteiger partial charge in [0.25, 0.3) is 0 Å². The van der Waals surface area contributed by atoms with E-state index in [4.69, 9.17) is 17.3 Å². The van der Waals surface area contributed by atoms with Gasteiger partial charge in [0.15, 0.2) is 0 Å². The molecular weight excluding hydrogens is 246 g/mol. The Kier molecular flexibility index (Phi) is 5.73. The lowest BCUT2D eigenvalue weighted by Crippen LogP contribution is -2.23. The van der Waals surface area contributed by atoms with Crippen molar-refractivity contribution in [2.75, 3.05) is 17.6 Å². The maximum absolute atomic E-state index is 5.87. The van der Waals surface area contributed by atoms with E-state index in [0.717, 1.165) is 12.4 Å². The number of nitrogens with two attached hydrogens (primary N) is 1. The van der Waals surface area contributed by atoms with Crippen molar-refractivity contribution in [2.45, 2.75) is 46.5 Å². The Hall–Kier alpha value is -0.960. The number of halogens is 1. The van der Waals surface area contributed by atoms with Gasteiger partial charge in [0.1, 0.15) is 11.0 Å². The highest BCUT2D eigenvalue weighted by molar-refractivity contribution is 6.29. The van der Waals surface area contributed by atoms with Crippen molar-refractivity contribution in [1.29, 1.82) is 0 Å². The van der Waals surface area contributed by atoms with Crippen LogP contribution in [0.25, 0.3) is 0 Å². The molecule has 18 heavy (non-hydrogen) atoms. The first-order valence-electron chi connectivity index (χ1n) is 6.60. The number of nitrogens with one attached hydrogen (secondary N) is 1. The van der Waals surface area contributed by atoms with Crippen molar-refractivity contribution >= 4 is 23.1 Å². The van der Waals surface area contributed by atoms with Gasteiger partial charge >= 0.3 is 0 Å². The van der Waals surface area contributed by atoms with Crippen LogP contribution in [-0.4, -0.2) is 11.5 Å². The summed E-state index contributed by atoms with van der Waals surface area (Å²) in [4.78, 5) is 4.21. The number of hydrogen-bond donors (Lipinski definition) is 2. The van der Waals surface area contributed by atoms with E-state index < -0.39 is 0 Å². The third-order valence-corrected chi connectivity index (χ3v) is 3.22. The Labute approximate surface area is 115 Å². The van der Waals surface area contributed by atoms with Gasteiger partial charge in [-0.1, -0.05) is 51.6 Å². The third-order valence-electron chi connectivity index (χ3n) is 3.02. The second-order valence-electron chi connectivity index (χ2n) is 5.58. The second-order valence-corrected chi connectivity index (χ2v) is 5.97. The molecule has 0 aliphatic heterocycles. The van der Waals surface area contributed by atoms with E-state index in [1.54, 1.807) is 6.07 Å². The summed E-state index contributed by atoms with van der Waals surface area (Å²) in [5, 5.41) is 3.75. The van der Waals surface area contributed by atoms with E-state index >= 15 is 0 Å². The molecule has 0 spiro atoms. The normalized spacial score (nSPS) is 11.6. The zero-order valence-electron chi connectivity index (χ0n) is 11.6. The fourth-order valence-electron chi connectivity index (χ4n) is 1.88. The Morgan fingerprint density at radius 2 is 2.06 bits per heavy atom. The summed E-state index contributed by atoms with van der Waals surface area (Å²) in [7, 11) is 0. The maximum atomic E-state index is 5.87. The predicted octanol–water partition coefficient (Wildman–Crippen LogP) is 4.34. The largest absolute Gasteiger partial charge is 0.399 e. The minimum Gasteiger partial charge on any atom is -0.399 e. The summed E-state index contributed by atoms with van der Waals surface area (Å²) in [5.74, 6) is 0.753. The molecule has 3 nitrogen and oxygen atoms in total. The minimum absolute atomic E-state index is 0.258. The first-order valence-corrected chi connectivity index (χ1v) is 6.98. The number of rotatable bonds is 7. The van der Waals surface area contributed by atoms with Crippen molar-refractivity contribution in [3.05, 3.63) is 17.3 Å². The molecule has 0 radical (unpaired) electrons. The quantitative estimate of drug-likeness (QED) is 0.572. The van der Waals surface area contributed by atoms with Gasteiger partial charge in [0.05, 0.1) is 0 Å². The number of nitrogen functional groups attached to an aromatic ring is 1. The lowest BCUT2D eigenvalue weighted by atomic mass is 9.87. The lowest BCUT2D eigenvalue weighted by molar-refractivity contribution is 0.342. The van der Waals surface area contributed by atoms with Gasteiger partial charge in [-0.25, -0.2) is 4.98 Å². The van der Waals surface area contributed by atoms with Crippen molar-refractivity contribution in [3.8, 4) is 0 Å². The van der Waals surface area contributed by atoms with Crippen LogP contribution in [-0.2, 0) is 0 Å². The highest BCUT2D eigenvalue weighted by atomic mass is 35.5. The Morgan fingerprint density at radius 1 is 1.33 bits per heavy atom. The minimum atomic E-state index is 0.258. The molecule has 0 aliphatic carbocycles. The molecule has 1 aromatic rings. The highest BCUT2D eigenvalue weighted by Gasteiger charge is 2.17. The van der Waals surface area contributed by atoms with Crippen LogP contribution < -0.4 is 11.1 Å². The molecule has 0 saturated carbocycles. The second kappa shape index (κ2) is 6.83. The molecule has 1 rings (SSSR count). The molecule has 0 unspecified atom stereocenters. The van der Waals surface area contributed by atoms with Crippen LogP contribution >= 0.6 is 11.6 Å². The Bertz CT molecular complexity index is 357. The van der Waals surface area contributed by atoms with Crippen molar-refractivity contribution in [3.63, 3.8) is 0 Å². The molecule has 3 N–H and O–H groups in total. The maximum Gasteiger partial charge on any atom is 0.133 e. The van der Waals surface area contributed by atoms with Crippen LogP contribution in [0.15, 0.2) is 12.1 Å². The van der Waals surface area contributed by atoms with Crippen LogP contribution in [0.1, 0.15) is 46.5 Å². The van der Waals surface area contributed by atoms with Crippen LogP contribution in [0.4, 0.5) is 11.5 Å². The van der Waals surface area contributed by atoms with E-state index in [-0.39, 0.29) is 5.41 Å². The monoisotopic (exact) mass is 269 g/mol. The molecule has 1 aromatic heterocycles. The summed E-state index contributed by atoms with van der Waals surface area (Å²) < 4.78 is 0. The van der Waals surface area contributed by atoms with Crippen molar-refractivity contribution in [1.82, 2.24) is 4.98 Å². The molecule has 0 aromatic carbocycles. The molecule has 0 saturated heterocycles. The van der Waals surface area contributed by atoms with Gasteiger partial charge in [0.2, 0.25) is 0 Å². The molecule has 0 fully saturated rings. The Morgan fingerprint density at radius 3 is 2.67 bits per heavy atom. The van der Waals surface area contributed by atoms with Gasteiger partial charge in [-0.15, -0.1) is 0 Å². The first kappa shape index (κ1) is 15.1. The van der Waals surface area contributed by atoms with Crippen molar-refractivity contribution in [2.24, 2.45) is 5.41 Å². The number of aromatic nitrogens is 1. The highest BCUT2D eigenvalue weighted by Crippen LogP contribution is 2.25. The molecular formula is C14H24ClN3. The van der Waals surface area contributed by atoms with Gasteiger partial charge in [-0.05, 0) is 17.9 Å². The molecule has 1 heterocycles. The van der Waals surface area contributed by atoms with Crippen molar-refractivity contribution < 1.29 is 0 Å². The molecule has 0 aliphatic rings. The summed E-state index contributed by atoms with van der Waals surface area (Å²) >= 11 is 5.87. The van der Waals surface area contributed by atoms with E-state index in [1.807, 2.05) is 6.07 Å². The van der Waals surface area contributed by atoms with E-state index in [1.165, 1.54) is 25.7 Å². The lowest BCUT2D eigenvalue weighted by Gasteiger charge is -2.25. The number of anilines is 2. The van der Waals surface area contributed by atoms with Crippen LogP contribution in [0.5, 0.6) is 0 Å². The number of hydrogen-bond acceptors (Lipinski definition) is 3. The number of pyridine rings is 1. The summed E-state index contributed by atoms with van der Waals surface area (Å²) in [5.41, 5.74) is 6.63. The van der Waals surface area contributed by atoms with Gasteiger partial charge < -0.3 is 11.1 Å². The molecule has 4 heteroatoms. The fraction of sp³-hybridized carbons (Fsp3) is 0.643. The van der Waals surface area contributed by atoms with Gasteiger partial charge in [0, 0.05) is 18.3 Å². The van der Waals surface area contributed by atoms with Crippen LogP contribution in [0.2, 0.25) is 5.15 Å². The number of unbranched alkanes of at least 4 members (excludes halogenated alkanes) is 2. The number of nitrogens with zero attached hydrogens (tertiary/aromatic N) is 1. The summed E-state index contributed by atoms with van der Waals surface area (Å²) in [6.07, 6.45) is 5.04. The zero-order valence-corrected chi connectivity index (χ0v) is 12.3. The molecule has 0 amide bonds. The first-order chi connectivity index (χ1) is 8.43. The van der Waals surface area contributed by atoms with E-state index in [2.05, 4.69) is 31.1 Å².